The van der Waals surface area contributed by atoms with Crippen LogP contribution in [0.2, 0.25) is 0 Å². The number of anilines is 1. The highest BCUT2D eigenvalue weighted by molar-refractivity contribution is 6.16. The first-order chi connectivity index (χ1) is 11.5. The molecule has 0 amide bonds. The Kier molecular flexibility index (Phi) is 4.56. The predicted octanol–water partition coefficient (Wildman–Crippen LogP) is -1.43. The van der Waals surface area contributed by atoms with E-state index in [2.05, 4.69) is 15.0 Å². The van der Waals surface area contributed by atoms with Crippen molar-refractivity contribution in [3.63, 3.8) is 0 Å². The number of aliphatic hydroxyl groups is 3. The molecule has 130 valence electrons. The highest BCUT2D eigenvalue weighted by Crippen LogP contribution is 2.33. The van der Waals surface area contributed by atoms with Gasteiger partial charge in [-0.1, -0.05) is 0 Å². The third kappa shape index (κ3) is 2.78. The Bertz CT molecular complexity index is 793. The maximum atomic E-state index is 11.6. The first-order valence-corrected chi connectivity index (χ1v) is 7.61. The molecule has 11 heteroatoms. The summed E-state index contributed by atoms with van der Waals surface area (Å²) in [5, 5.41) is 29.0. The molecule has 0 aliphatic carbocycles. The van der Waals surface area contributed by atoms with E-state index < -0.39 is 36.7 Å². The van der Waals surface area contributed by atoms with Gasteiger partial charge in [-0.3, -0.25) is 9.36 Å². The smallest absolute Gasteiger partial charge is 0.251 e. The summed E-state index contributed by atoms with van der Waals surface area (Å²) >= 11 is 5.70. The summed E-state index contributed by atoms with van der Waals surface area (Å²) in [6.45, 7) is -0.456. The van der Waals surface area contributed by atoms with Crippen molar-refractivity contribution in [1.82, 2.24) is 19.5 Å². The molecule has 0 unspecified atom stereocenters. The fourth-order valence-corrected chi connectivity index (χ4v) is 2.69. The second-order valence-electron chi connectivity index (χ2n) is 5.33. The Morgan fingerprint density at radius 2 is 2.17 bits per heavy atom. The molecule has 0 saturated carbocycles. The summed E-state index contributed by atoms with van der Waals surface area (Å²) in [6, 6.07) is 1.26. The summed E-state index contributed by atoms with van der Waals surface area (Å²) in [4.78, 5) is 22.4. The second kappa shape index (κ2) is 6.49. The van der Waals surface area contributed by atoms with Crippen LogP contribution in [0.1, 0.15) is 11.9 Å². The summed E-state index contributed by atoms with van der Waals surface area (Å²) in [5.74, 6) is 0.243. The van der Waals surface area contributed by atoms with Gasteiger partial charge in [-0.05, 0) is 0 Å². The third-order valence-electron chi connectivity index (χ3n) is 3.78. The largest absolute Gasteiger partial charge is 0.394 e. The average Bonchev–Trinajstić information content (AvgIpc) is 3.08. The van der Waals surface area contributed by atoms with Crippen LogP contribution in [0.4, 0.5) is 5.82 Å². The molecule has 3 heterocycles. The van der Waals surface area contributed by atoms with Crippen LogP contribution >= 0.6 is 11.6 Å². The van der Waals surface area contributed by atoms with Gasteiger partial charge in [0.15, 0.2) is 12.1 Å². The van der Waals surface area contributed by atoms with Gasteiger partial charge in [0.1, 0.15) is 29.8 Å². The van der Waals surface area contributed by atoms with Gasteiger partial charge < -0.3 is 30.8 Å². The molecule has 10 nitrogen and oxygen atoms in total. The molecule has 1 fully saturated rings. The molecule has 1 aliphatic rings. The lowest BCUT2D eigenvalue weighted by Crippen LogP contribution is -2.33. The van der Waals surface area contributed by atoms with E-state index in [-0.39, 0.29) is 23.2 Å². The number of imidazole rings is 1. The number of nitrogen functional groups attached to an aromatic ring is 1. The van der Waals surface area contributed by atoms with Gasteiger partial charge in [0.25, 0.3) is 5.56 Å². The van der Waals surface area contributed by atoms with Crippen LogP contribution in [0.3, 0.4) is 0 Å². The highest BCUT2D eigenvalue weighted by atomic mass is 35.5. The molecule has 1 saturated heterocycles. The number of hydrogen-bond acceptors (Lipinski definition) is 8. The quantitative estimate of drug-likeness (QED) is 0.416. The van der Waals surface area contributed by atoms with E-state index in [1.165, 1.54) is 17.0 Å². The van der Waals surface area contributed by atoms with Gasteiger partial charge >= 0.3 is 0 Å². The molecule has 0 spiro atoms. The third-order valence-corrected chi connectivity index (χ3v) is 4.05. The number of rotatable bonds is 4. The minimum Gasteiger partial charge on any atom is -0.394 e. The Morgan fingerprint density at radius 1 is 1.42 bits per heavy atom. The molecule has 6 N–H and O–H groups in total. The Balaban J connectivity index is 1.98. The summed E-state index contributed by atoms with van der Waals surface area (Å²) < 4.78 is 6.70. The van der Waals surface area contributed by atoms with E-state index in [0.29, 0.717) is 5.69 Å². The number of ether oxygens (including phenoxy) is 1. The summed E-state index contributed by atoms with van der Waals surface area (Å²) in [7, 11) is 0. The summed E-state index contributed by atoms with van der Waals surface area (Å²) in [6.07, 6.45) is -3.23. The van der Waals surface area contributed by atoms with Crippen molar-refractivity contribution in [3.8, 4) is 11.5 Å². The van der Waals surface area contributed by atoms with Crippen molar-refractivity contribution in [2.45, 2.75) is 30.4 Å². The number of aliphatic hydroxyl groups excluding tert-OH is 3. The molecule has 3 rings (SSSR count). The molecule has 2 aromatic heterocycles. The normalized spacial score (nSPS) is 26.8. The van der Waals surface area contributed by atoms with Gasteiger partial charge in [0, 0.05) is 6.07 Å². The SMILES string of the molecule is Nc1c(-c2nc(CCl)cc(=O)[nH]2)ncn1[C@@H]1O[C@H](CO)[C@@H](O)[C@H]1O. The van der Waals surface area contributed by atoms with E-state index in [4.69, 9.17) is 27.2 Å². The number of halogens is 1. The Labute approximate surface area is 140 Å². The lowest BCUT2D eigenvalue weighted by atomic mass is 10.1. The zero-order chi connectivity index (χ0) is 17.4. The number of nitrogens with one attached hydrogen (secondary N) is 1. The lowest BCUT2D eigenvalue weighted by molar-refractivity contribution is -0.0517. The van der Waals surface area contributed by atoms with E-state index in [1.807, 2.05) is 0 Å². The van der Waals surface area contributed by atoms with Crippen LogP contribution in [-0.2, 0) is 10.6 Å². The number of alkyl halides is 1. The Hall–Kier alpha value is -1.98. The van der Waals surface area contributed by atoms with Crippen LogP contribution in [0.15, 0.2) is 17.2 Å². The Morgan fingerprint density at radius 3 is 2.79 bits per heavy atom. The fraction of sp³-hybridized carbons (Fsp3) is 0.462. The van der Waals surface area contributed by atoms with Crippen molar-refractivity contribution < 1.29 is 20.1 Å². The van der Waals surface area contributed by atoms with Crippen LogP contribution in [0.25, 0.3) is 11.5 Å². The monoisotopic (exact) mass is 357 g/mol. The topological polar surface area (TPSA) is 160 Å². The van der Waals surface area contributed by atoms with Crippen molar-refractivity contribution in [1.29, 1.82) is 0 Å². The van der Waals surface area contributed by atoms with Crippen LogP contribution < -0.4 is 11.3 Å². The van der Waals surface area contributed by atoms with E-state index in [1.54, 1.807) is 0 Å². The van der Waals surface area contributed by atoms with Gasteiger partial charge in [0.2, 0.25) is 0 Å². The average molecular weight is 358 g/mol. The molecule has 0 aromatic carbocycles. The van der Waals surface area contributed by atoms with E-state index in [9.17, 15) is 15.0 Å². The second-order valence-corrected chi connectivity index (χ2v) is 5.60. The van der Waals surface area contributed by atoms with E-state index >= 15 is 0 Å². The molecule has 4 atom stereocenters. The van der Waals surface area contributed by atoms with Crippen LogP contribution in [-0.4, -0.2) is 59.8 Å². The maximum Gasteiger partial charge on any atom is 0.251 e. The fourth-order valence-electron chi connectivity index (χ4n) is 2.55. The molecule has 24 heavy (non-hydrogen) atoms. The number of H-pyrrole nitrogens is 1. The standard InChI is InChI=1S/C13H16ClN5O5/c14-2-5-1-7(21)18-12(17-5)8-11(15)19(4-16-8)13-10(23)9(22)6(3-20)24-13/h1,4,6,9-10,13,20,22-23H,2-3,15H2,(H,17,18,21)/t6-,9-,10-,13-/m1/s1. The van der Waals surface area contributed by atoms with Crippen molar-refractivity contribution >= 4 is 17.4 Å². The van der Waals surface area contributed by atoms with Gasteiger partial charge in [0.05, 0.1) is 24.5 Å². The summed E-state index contributed by atoms with van der Waals surface area (Å²) in [5.41, 5.74) is 6.15. The zero-order valence-electron chi connectivity index (χ0n) is 12.3. The zero-order valence-corrected chi connectivity index (χ0v) is 13.1. The first kappa shape index (κ1) is 16.9. The molecular weight excluding hydrogens is 342 g/mol. The molecule has 2 aromatic rings. The number of aromatic amines is 1. The number of nitrogens with two attached hydrogens (primary N) is 1. The van der Waals surface area contributed by atoms with Gasteiger partial charge in [-0.15, -0.1) is 11.6 Å². The predicted molar refractivity (Wildman–Crippen MR) is 83.1 cm³/mol. The number of aromatic nitrogens is 4. The van der Waals surface area contributed by atoms with Crippen LogP contribution in [0.5, 0.6) is 0 Å². The molecule has 1 aliphatic heterocycles. The lowest BCUT2D eigenvalue weighted by Gasteiger charge is -2.17. The molecule has 0 radical (unpaired) electrons. The first-order valence-electron chi connectivity index (χ1n) is 7.07. The minimum absolute atomic E-state index is 0.0480. The number of nitrogens with zero attached hydrogens (tertiary/aromatic N) is 3. The molecule has 0 bridgehead atoms. The van der Waals surface area contributed by atoms with E-state index in [0.717, 1.165) is 0 Å². The van der Waals surface area contributed by atoms with Crippen molar-refractivity contribution in [2.24, 2.45) is 0 Å². The maximum absolute atomic E-state index is 11.6. The van der Waals surface area contributed by atoms with Crippen LogP contribution in [0, 0.1) is 0 Å². The van der Waals surface area contributed by atoms with Crippen molar-refractivity contribution in [3.05, 3.63) is 28.4 Å². The highest BCUT2D eigenvalue weighted by Gasteiger charge is 2.44. The minimum atomic E-state index is -1.30. The van der Waals surface area contributed by atoms with Crippen molar-refractivity contribution in [2.75, 3.05) is 12.3 Å². The number of hydrogen-bond donors (Lipinski definition) is 5. The van der Waals surface area contributed by atoms with Gasteiger partial charge in [-0.2, -0.15) is 0 Å². The molecular formula is C13H16ClN5O5. The van der Waals surface area contributed by atoms with Gasteiger partial charge in [-0.25, -0.2) is 9.97 Å².